The van der Waals surface area contributed by atoms with Crippen LogP contribution in [-0.2, 0) is 19.0 Å². The summed E-state index contributed by atoms with van der Waals surface area (Å²) in [5.41, 5.74) is 3.08. The number of aromatic nitrogens is 7. The molecule has 0 spiro atoms. The molecular formula is C25H25FN8O3. The van der Waals surface area contributed by atoms with Gasteiger partial charge in [-0.1, -0.05) is 32.0 Å². The highest BCUT2D eigenvalue weighted by Gasteiger charge is 2.25. The molecule has 0 fully saturated rings. The molecule has 1 amide bonds. The molecule has 190 valence electrons. The van der Waals surface area contributed by atoms with Crippen LogP contribution in [0.5, 0.6) is 5.75 Å². The van der Waals surface area contributed by atoms with E-state index in [1.807, 2.05) is 46.3 Å². The van der Waals surface area contributed by atoms with Crippen LogP contribution >= 0.6 is 0 Å². The lowest BCUT2D eigenvalue weighted by Crippen LogP contribution is -2.24. The van der Waals surface area contributed by atoms with Crippen molar-refractivity contribution in [2.45, 2.75) is 32.7 Å². The van der Waals surface area contributed by atoms with Gasteiger partial charge in [-0.2, -0.15) is 15.2 Å². The van der Waals surface area contributed by atoms with E-state index in [9.17, 15) is 4.79 Å². The highest BCUT2D eigenvalue weighted by molar-refractivity contribution is 5.90. The second-order valence-corrected chi connectivity index (χ2v) is 9.55. The second kappa shape index (κ2) is 9.12. The van der Waals surface area contributed by atoms with Gasteiger partial charge in [0.15, 0.2) is 11.6 Å². The SMILES string of the molecule is COc1c(CNC(=O)c2noc(C(C)(C)C)n2)ccc(-c2ncnn3cc(-c4cnn(C)c4)cc23)c1F. The van der Waals surface area contributed by atoms with Crippen molar-refractivity contribution in [2.75, 3.05) is 7.11 Å². The van der Waals surface area contributed by atoms with E-state index in [1.54, 1.807) is 27.5 Å². The van der Waals surface area contributed by atoms with Gasteiger partial charge in [0.05, 0.1) is 18.8 Å². The van der Waals surface area contributed by atoms with Crippen LogP contribution in [0.15, 0.2) is 47.6 Å². The number of ether oxygens (including phenoxy) is 1. The van der Waals surface area contributed by atoms with Gasteiger partial charge in [0.2, 0.25) is 5.89 Å². The van der Waals surface area contributed by atoms with Crippen molar-refractivity contribution >= 4 is 11.4 Å². The predicted molar refractivity (Wildman–Crippen MR) is 131 cm³/mol. The minimum atomic E-state index is -0.603. The molecule has 0 saturated carbocycles. The quantitative estimate of drug-likeness (QED) is 0.372. The number of rotatable bonds is 6. The van der Waals surface area contributed by atoms with Crippen LogP contribution in [0.3, 0.4) is 0 Å². The minimum Gasteiger partial charge on any atom is -0.493 e. The molecule has 0 saturated heterocycles. The Balaban J connectivity index is 1.43. The Hall–Kier alpha value is -4.61. The van der Waals surface area contributed by atoms with Crippen molar-refractivity contribution in [3.8, 4) is 28.1 Å². The predicted octanol–water partition coefficient (Wildman–Crippen LogP) is 3.56. The molecule has 4 aromatic heterocycles. The third-order valence-corrected chi connectivity index (χ3v) is 5.79. The highest BCUT2D eigenvalue weighted by Crippen LogP contribution is 2.34. The number of aryl methyl sites for hydroxylation is 1. The van der Waals surface area contributed by atoms with Crippen LogP contribution in [0.25, 0.3) is 27.9 Å². The highest BCUT2D eigenvalue weighted by atomic mass is 19.1. The summed E-state index contributed by atoms with van der Waals surface area (Å²) >= 11 is 0. The lowest BCUT2D eigenvalue weighted by Gasteiger charge is -2.13. The first-order valence-corrected chi connectivity index (χ1v) is 11.5. The fourth-order valence-electron chi connectivity index (χ4n) is 3.88. The second-order valence-electron chi connectivity index (χ2n) is 9.55. The number of halogens is 1. The molecule has 0 radical (unpaired) electrons. The third-order valence-electron chi connectivity index (χ3n) is 5.79. The Morgan fingerprint density at radius 1 is 1.19 bits per heavy atom. The van der Waals surface area contributed by atoms with Gasteiger partial charge in [-0.25, -0.2) is 13.9 Å². The first kappa shape index (κ1) is 24.1. The van der Waals surface area contributed by atoms with E-state index in [4.69, 9.17) is 9.26 Å². The zero-order chi connectivity index (χ0) is 26.3. The van der Waals surface area contributed by atoms with Crippen molar-refractivity contribution < 1.29 is 18.4 Å². The van der Waals surface area contributed by atoms with Crippen molar-refractivity contribution in [1.82, 2.24) is 39.8 Å². The summed E-state index contributed by atoms with van der Waals surface area (Å²) in [5.74, 6) is -0.897. The van der Waals surface area contributed by atoms with Crippen molar-refractivity contribution in [1.29, 1.82) is 0 Å². The zero-order valence-electron chi connectivity index (χ0n) is 21.0. The first-order chi connectivity index (χ1) is 17.7. The fourth-order valence-corrected chi connectivity index (χ4v) is 3.88. The van der Waals surface area contributed by atoms with Crippen LogP contribution in [-0.4, -0.2) is 47.5 Å². The molecule has 37 heavy (non-hydrogen) atoms. The molecule has 11 nitrogen and oxygen atoms in total. The maximum absolute atomic E-state index is 15.7. The normalized spacial score (nSPS) is 11.7. The Bertz CT molecular complexity index is 1610. The minimum absolute atomic E-state index is 0.00269. The standard InChI is InChI=1S/C25H25FN8O3/c1-25(2,3)24-31-22(32-37-24)23(35)27-9-14-6-7-17(19(26)21(14)36-5)20-18-8-15(12-34(18)30-13-28-20)16-10-29-33(4)11-16/h6-8,10-13H,9H2,1-5H3,(H,27,35). The van der Waals surface area contributed by atoms with Gasteiger partial charge in [0.1, 0.15) is 12.0 Å². The molecule has 0 atom stereocenters. The molecule has 4 heterocycles. The third kappa shape index (κ3) is 4.53. The van der Waals surface area contributed by atoms with Crippen LogP contribution < -0.4 is 10.1 Å². The molecule has 1 N–H and O–H groups in total. The molecule has 1 aromatic carbocycles. The van der Waals surface area contributed by atoms with Gasteiger partial charge in [-0.05, 0) is 12.1 Å². The number of benzene rings is 1. The van der Waals surface area contributed by atoms with Gasteiger partial charge < -0.3 is 14.6 Å². The maximum Gasteiger partial charge on any atom is 0.292 e. The Labute approximate surface area is 211 Å². The summed E-state index contributed by atoms with van der Waals surface area (Å²) in [6, 6.07) is 5.16. The molecular weight excluding hydrogens is 479 g/mol. The smallest absolute Gasteiger partial charge is 0.292 e. The summed E-state index contributed by atoms with van der Waals surface area (Å²) in [6.45, 7) is 5.69. The average Bonchev–Trinajstić information content (AvgIpc) is 3.61. The Morgan fingerprint density at radius 3 is 2.68 bits per heavy atom. The van der Waals surface area contributed by atoms with Crippen molar-refractivity contribution in [3.63, 3.8) is 0 Å². The largest absolute Gasteiger partial charge is 0.493 e. The Morgan fingerprint density at radius 2 is 2.00 bits per heavy atom. The summed E-state index contributed by atoms with van der Waals surface area (Å²) in [4.78, 5) is 21.0. The van der Waals surface area contributed by atoms with Gasteiger partial charge >= 0.3 is 0 Å². The molecule has 0 bridgehead atoms. The van der Waals surface area contributed by atoms with Gasteiger partial charge in [-0.15, -0.1) is 0 Å². The molecule has 0 aliphatic rings. The molecule has 0 aliphatic carbocycles. The van der Waals surface area contributed by atoms with E-state index in [2.05, 4.69) is 30.6 Å². The van der Waals surface area contributed by atoms with E-state index >= 15 is 4.39 Å². The van der Waals surface area contributed by atoms with Crippen molar-refractivity contribution in [2.24, 2.45) is 7.05 Å². The van der Waals surface area contributed by atoms with E-state index in [0.717, 1.165) is 11.1 Å². The number of nitrogens with one attached hydrogen (secondary N) is 1. The van der Waals surface area contributed by atoms with E-state index in [0.29, 0.717) is 22.7 Å². The van der Waals surface area contributed by atoms with Crippen molar-refractivity contribution in [3.05, 3.63) is 66.2 Å². The van der Waals surface area contributed by atoms with Gasteiger partial charge in [-0.3, -0.25) is 9.48 Å². The maximum atomic E-state index is 15.7. The lowest BCUT2D eigenvalue weighted by atomic mass is 9.97. The number of nitrogens with zero attached hydrogens (tertiary/aromatic N) is 7. The van der Waals surface area contributed by atoms with E-state index < -0.39 is 17.1 Å². The number of hydrogen-bond donors (Lipinski definition) is 1. The van der Waals surface area contributed by atoms with E-state index in [1.165, 1.54) is 13.4 Å². The van der Waals surface area contributed by atoms with Gasteiger partial charge in [0, 0.05) is 53.7 Å². The summed E-state index contributed by atoms with van der Waals surface area (Å²) in [6.07, 6.45) is 6.83. The van der Waals surface area contributed by atoms with Gasteiger partial charge in [0.25, 0.3) is 11.7 Å². The average molecular weight is 505 g/mol. The number of hydrogen-bond acceptors (Lipinski definition) is 8. The zero-order valence-corrected chi connectivity index (χ0v) is 21.0. The topological polar surface area (TPSA) is 125 Å². The monoisotopic (exact) mass is 504 g/mol. The molecule has 0 unspecified atom stereocenters. The number of fused-ring (bicyclic) bond motifs is 1. The Kier molecular flexibility index (Phi) is 5.94. The summed E-state index contributed by atoms with van der Waals surface area (Å²) in [7, 11) is 3.21. The van der Waals surface area contributed by atoms with Crippen LogP contribution in [0.2, 0.25) is 0 Å². The lowest BCUT2D eigenvalue weighted by molar-refractivity contribution is 0.0937. The van der Waals surface area contributed by atoms with E-state index in [-0.39, 0.29) is 23.7 Å². The summed E-state index contributed by atoms with van der Waals surface area (Å²) in [5, 5.41) is 14.9. The summed E-state index contributed by atoms with van der Waals surface area (Å²) < 4.78 is 29.6. The molecule has 5 aromatic rings. The fraction of sp³-hybridized carbons (Fsp3) is 0.280. The molecule has 0 aliphatic heterocycles. The van der Waals surface area contributed by atoms with Crippen LogP contribution in [0.4, 0.5) is 4.39 Å². The van der Waals surface area contributed by atoms with Crippen LogP contribution in [0.1, 0.15) is 42.8 Å². The molecule has 5 rings (SSSR count). The number of carbonyl (C=O) groups excluding carboxylic acids is 1. The molecule has 12 heteroatoms. The first-order valence-electron chi connectivity index (χ1n) is 11.5. The number of carbonyl (C=O) groups is 1. The number of amides is 1. The van der Waals surface area contributed by atoms with Crippen LogP contribution in [0, 0.1) is 5.82 Å². The number of methoxy groups -OCH3 is 1.